The maximum atomic E-state index is 10.5. The molecule has 0 amide bonds. The summed E-state index contributed by atoms with van der Waals surface area (Å²) in [4.78, 5) is 0. The number of hydrogen-bond acceptors (Lipinski definition) is 3. The molecule has 0 heterocycles. The van der Waals surface area contributed by atoms with Crippen molar-refractivity contribution in [2.24, 2.45) is 0 Å². The number of benzene rings is 1. The van der Waals surface area contributed by atoms with Gasteiger partial charge in [-0.2, -0.15) is 0 Å². The van der Waals surface area contributed by atoms with Gasteiger partial charge in [0, 0.05) is 11.0 Å². The number of aromatic hydroxyl groups is 2. The topological polar surface area (TPSA) is 60.7 Å². The Labute approximate surface area is 114 Å². The highest BCUT2D eigenvalue weighted by atomic mass is 16.3. The summed E-state index contributed by atoms with van der Waals surface area (Å²) in [5, 5.41) is 30.6. The first-order chi connectivity index (χ1) is 8.91. The Hall–Kier alpha value is -1.48. The lowest BCUT2D eigenvalue weighted by molar-refractivity contribution is 0.0601. The van der Waals surface area contributed by atoms with Gasteiger partial charge < -0.3 is 15.3 Å². The van der Waals surface area contributed by atoms with Gasteiger partial charge in [-0.3, -0.25) is 0 Å². The molecule has 0 aromatic heterocycles. The molecule has 3 heteroatoms. The minimum absolute atomic E-state index is 0.121. The van der Waals surface area contributed by atoms with Gasteiger partial charge in [-0.1, -0.05) is 31.1 Å². The van der Waals surface area contributed by atoms with Crippen molar-refractivity contribution in [2.75, 3.05) is 0 Å². The lowest BCUT2D eigenvalue weighted by Crippen LogP contribution is -2.43. The first kappa shape index (κ1) is 13.9. The average molecular weight is 262 g/mol. The summed E-state index contributed by atoms with van der Waals surface area (Å²) in [6, 6.07) is 3.26. The van der Waals surface area contributed by atoms with E-state index in [9.17, 15) is 15.3 Å². The molecule has 104 valence electrons. The third-order valence-corrected chi connectivity index (χ3v) is 4.44. The number of phenols is 2. The van der Waals surface area contributed by atoms with E-state index in [0.29, 0.717) is 12.0 Å². The first-order valence-electron chi connectivity index (χ1n) is 6.77. The van der Waals surface area contributed by atoms with E-state index in [-0.39, 0.29) is 11.5 Å². The van der Waals surface area contributed by atoms with Crippen LogP contribution in [0.2, 0.25) is 0 Å². The summed E-state index contributed by atoms with van der Waals surface area (Å²) in [5.41, 5.74) is 1.70. The molecule has 1 saturated carbocycles. The van der Waals surface area contributed by atoms with Crippen LogP contribution in [0.4, 0.5) is 0 Å². The molecule has 3 N–H and O–H groups in total. The third kappa shape index (κ3) is 2.02. The monoisotopic (exact) mass is 262 g/mol. The van der Waals surface area contributed by atoms with Crippen LogP contribution in [0.15, 0.2) is 24.3 Å². The molecule has 0 spiro atoms. The zero-order valence-electron chi connectivity index (χ0n) is 11.6. The largest absolute Gasteiger partial charge is 0.504 e. The van der Waals surface area contributed by atoms with Crippen LogP contribution < -0.4 is 0 Å². The van der Waals surface area contributed by atoms with Gasteiger partial charge >= 0.3 is 0 Å². The van der Waals surface area contributed by atoms with E-state index in [1.807, 2.05) is 13.8 Å². The van der Waals surface area contributed by atoms with Crippen LogP contribution in [0.1, 0.15) is 43.7 Å². The summed E-state index contributed by atoms with van der Waals surface area (Å²) in [7, 11) is 0. The highest BCUT2D eigenvalue weighted by Crippen LogP contribution is 2.50. The second-order valence-electron chi connectivity index (χ2n) is 5.64. The summed E-state index contributed by atoms with van der Waals surface area (Å²) < 4.78 is 0. The highest BCUT2D eigenvalue weighted by Gasteiger charge is 2.45. The van der Waals surface area contributed by atoms with E-state index in [1.54, 1.807) is 6.07 Å². The number of rotatable bonds is 2. The van der Waals surface area contributed by atoms with Crippen molar-refractivity contribution in [3.05, 3.63) is 35.4 Å². The average Bonchev–Trinajstić information content (AvgIpc) is 2.36. The number of phenolic OH excluding ortho intramolecular Hbond substituents is 2. The van der Waals surface area contributed by atoms with Crippen LogP contribution in [0.3, 0.4) is 0 Å². The molecule has 1 aromatic rings. The van der Waals surface area contributed by atoms with Gasteiger partial charge in [0.1, 0.15) is 0 Å². The van der Waals surface area contributed by atoms with Crippen molar-refractivity contribution in [3.8, 4) is 11.5 Å². The molecule has 2 atom stereocenters. The molecule has 19 heavy (non-hydrogen) atoms. The number of aliphatic hydroxyl groups excluding tert-OH is 1. The van der Waals surface area contributed by atoms with Crippen LogP contribution in [0.25, 0.3) is 0 Å². The van der Waals surface area contributed by atoms with Crippen LogP contribution in [0.5, 0.6) is 11.5 Å². The lowest BCUT2D eigenvalue weighted by Gasteiger charge is -2.44. The van der Waals surface area contributed by atoms with Gasteiger partial charge in [-0.05, 0) is 38.3 Å². The molecule has 0 radical (unpaired) electrons. The van der Waals surface area contributed by atoms with Gasteiger partial charge in [0.15, 0.2) is 11.5 Å². The van der Waals surface area contributed by atoms with E-state index in [0.717, 1.165) is 30.4 Å². The molecule has 1 aromatic carbocycles. The predicted molar refractivity (Wildman–Crippen MR) is 75.5 cm³/mol. The zero-order valence-corrected chi connectivity index (χ0v) is 11.6. The Morgan fingerprint density at radius 1 is 1.32 bits per heavy atom. The molecular formula is C16H22O3. The summed E-state index contributed by atoms with van der Waals surface area (Å²) in [5.74, 6) is -0.261. The van der Waals surface area contributed by atoms with Gasteiger partial charge in [-0.25, -0.2) is 0 Å². The van der Waals surface area contributed by atoms with E-state index >= 15 is 0 Å². The van der Waals surface area contributed by atoms with Gasteiger partial charge in [0.05, 0.1) is 6.10 Å². The Bertz CT molecular complexity index is 507. The van der Waals surface area contributed by atoms with Gasteiger partial charge in [0.25, 0.3) is 0 Å². The SMILES string of the molecule is C=C(C)C1(c2c(C)ccc(O)c2O)CCCCC1O. The van der Waals surface area contributed by atoms with Crippen molar-refractivity contribution in [2.45, 2.75) is 51.0 Å². The molecule has 0 saturated heterocycles. The molecule has 2 rings (SSSR count). The number of aryl methyl sites for hydroxylation is 1. The Morgan fingerprint density at radius 2 is 2.00 bits per heavy atom. The zero-order chi connectivity index (χ0) is 14.2. The third-order valence-electron chi connectivity index (χ3n) is 4.44. The minimum Gasteiger partial charge on any atom is -0.504 e. The Balaban J connectivity index is 2.70. The maximum absolute atomic E-state index is 10.5. The van der Waals surface area contributed by atoms with Gasteiger partial charge in [0.2, 0.25) is 0 Å². The van der Waals surface area contributed by atoms with Crippen molar-refractivity contribution in [1.29, 1.82) is 0 Å². The second-order valence-corrected chi connectivity index (χ2v) is 5.64. The smallest absolute Gasteiger partial charge is 0.161 e. The Morgan fingerprint density at radius 3 is 2.58 bits per heavy atom. The van der Waals surface area contributed by atoms with Crippen LogP contribution in [-0.2, 0) is 5.41 Å². The molecule has 1 fully saturated rings. The molecule has 1 aliphatic rings. The second kappa shape index (κ2) is 4.89. The molecule has 3 nitrogen and oxygen atoms in total. The molecule has 0 bridgehead atoms. The van der Waals surface area contributed by atoms with Crippen molar-refractivity contribution >= 4 is 0 Å². The lowest BCUT2D eigenvalue weighted by atomic mass is 9.62. The molecule has 2 unspecified atom stereocenters. The predicted octanol–water partition coefficient (Wildman–Crippen LogP) is 3.16. The number of hydrogen-bond donors (Lipinski definition) is 3. The standard InChI is InChI=1S/C16H22O3/c1-10(2)16(9-5-4-6-13(16)18)14-11(3)7-8-12(17)15(14)19/h7-8,13,17-19H,1,4-6,9H2,2-3H3. The summed E-state index contributed by atoms with van der Waals surface area (Å²) in [6.07, 6.45) is 2.85. The van der Waals surface area contributed by atoms with Gasteiger partial charge in [-0.15, -0.1) is 0 Å². The fourth-order valence-corrected chi connectivity index (χ4v) is 3.40. The summed E-state index contributed by atoms with van der Waals surface area (Å²) in [6.45, 7) is 7.81. The van der Waals surface area contributed by atoms with E-state index in [1.165, 1.54) is 6.07 Å². The van der Waals surface area contributed by atoms with Crippen molar-refractivity contribution in [1.82, 2.24) is 0 Å². The van der Waals surface area contributed by atoms with Crippen molar-refractivity contribution < 1.29 is 15.3 Å². The highest BCUT2D eigenvalue weighted by molar-refractivity contribution is 5.56. The van der Waals surface area contributed by atoms with Crippen molar-refractivity contribution in [3.63, 3.8) is 0 Å². The molecular weight excluding hydrogens is 240 g/mol. The normalized spacial score (nSPS) is 27.2. The Kier molecular flexibility index (Phi) is 3.59. The fourth-order valence-electron chi connectivity index (χ4n) is 3.40. The fraction of sp³-hybridized carbons (Fsp3) is 0.500. The quantitative estimate of drug-likeness (QED) is 0.567. The molecule has 1 aliphatic carbocycles. The first-order valence-corrected chi connectivity index (χ1v) is 6.77. The van der Waals surface area contributed by atoms with E-state index in [4.69, 9.17) is 0 Å². The van der Waals surface area contributed by atoms with Crippen LogP contribution in [-0.4, -0.2) is 21.4 Å². The number of aliphatic hydroxyl groups is 1. The summed E-state index contributed by atoms with van der Waals surface area (Å²) >= 11 is 0. The van der Waals surface area contributed by atoms with Crippen LogP contribution >= 0.6 is 0 Å². The van der Waals surface area contributed by atoms with E-state index in [2.05, 4.69) is 6.58 Å². The van der Waals surface area contributed by atoms with Crippen LogP contribution in [0, 0.1) is 6.92 Å². The molecule has 0 aliphatic heterocycles. The van der Waals surface area contributed by atoms with E-state index < -0.39 is 11.5 Å². The maximum Gasteiger partial charge on any atom is 0.161 e. The minimum atomic E-state index is -0.648.